The highest BCUT2D eigenvalue weighted by Gasteiger charge is 2.07. The quantitative estimate of drug-likeness (QED) is 0.472. The number of rotatable bonds is 3. The Bertz CT molecular complexity index is 175. The molecule has 0 aliphatic heterocycles. The highest BCUT2D eigenvalue weighted by atomic mass is 16.4. The summed E-state index contributed by atoms with van der Waals surface area (Å²) in [7, 11) is 0. The average molecular weight is 142 g/mol. The molecule has 1 N–H and O–H groups in total. The fourth-order valence-electron chi connectivity index (χ4n) is 0.384. The third-order valence-electron chi connectivity index (χ3n) is 0.934. The van der Waals surface area contributed by atoms with E-state index in [4.69, 9.17) is 5.11 Å². The molecular formula is C7H10O3. The third kappa shape index (κ3) is 3.83. The van der Waals surface area contributed by atoms with Gasteiger partial charge in [0.1, 0.15) is 0 Å². The summed E-state index contributed by atoms with van der Waals surface area (Å²) in [5.41, 5.74) is 0.953. The van der Waals surface area contributed by atoms with Crippen LogP contribution in [0.25, 0.3) is 0 Å². The van der Waals surface area contributed by atoms with Crippen LogP contribution >= 0.6 is 0 Å². The molecule has 0 aliphatic carbocycles. The molecule has 0 heterocycles. The normalized spacial score (nSPS) is 8.60. The number of carboxylic acid groups (broad SMARTS) is 1. The first-order chi connectivity index (χ1) is 4.54. The van der Waals surface area contributed by atoms with E-state index in [1.165, 1.54) is 0 Å². The van der Waals surface area contributed by atoms with Crippen molar-refractivity contribution >= 4 is 11.8 Å². The number of carbonyl (C=O) groups excluding carboxylic acids is 1. The molecule has 0 atom stereocenters. The molecule has 0 aromatic rings. The van der Waals surface area contributed by atoms with E-state index in [0.29, 0.717) is 0 Å². The van der Waals surface area contributed by atoms with Gasteiger partial charge in [-0.05, 0) is 13.8 Å². The molecule has 0 saturated heterocycles. The Balaban J connectivity index is 3.83. The number of Topliss-reactive ketones (excluding diaryl/α,β-unsaturated/α-hetero) is 1. The summed E-state index contributed by atoms with van der Waals surface area (Å²) in [4.78, 5) is 20.3. The van der Waals surface area contributed by atoms with Crippen molar-refractivity contribution in [3.8, 4) is 0 Å². The van der Waals surface area contributed by atoms with Crippen molar-refractivity contribution in [2.45, 2.75) is 20.3 Å². The van der Waals surface area contributed by atoms with E-state index in [9.17, 15) is 9.59 Å². The summed E-state index contributed by atoms with van der Waals surface area (Å²) in [5, 5.41) is 8.12. The molecule has 0 radical (unpaired) electrons. The molecule has 0 aromatic heterocycles. The number of ketones is 1. The fraction of sp³-hybridized carbons (Fsp3) is 0.429. The SMILES string of the molecule is CC(C)=CCC(=O)C(=O)O. The number of carbonyl (C=O) groups is 2. The fourth-order valence-corrected chi connectivity index (χ4v) is 0.384. The van der Waals surface area contributed by atoms with Crippen LogP contribution in [0.2, 0.25) is 0 Å². The minimum Gasteiger partial charge on any atom is -0.475 e. The van der Waals surface area contributed by atoms with Crippen molar-refractivity contribution < 1.29 is 14.7 Å². The summed E-state index contributed by atoms with van der Waals surface area (Å²) >= 11 is 0. The highest BCUT2D eigenvalue weighted by molar-refractivity contribution is 6.33. The molecule has 0 rings (SSSR count). The number of hydrogen-bond acceptors (Lipinski definition) is 2. The van der Waals surface area contributed by atoms with Crippen LogP contribution in [0.1, 0.15) is 20.3 Å². The van der Waals surface area contributed by atoms with E-state index in [2.05, 4.69) is 0 Å². The van der Waals surface area contributed by atoms with E-state index in [1.54, 1.807) is 6.08 Å². The first-order valence-corrected chi connectivity index (χ1v) is 2.93. The van der Waals surface area contributed by atoms with Gasteiger partial charge in [-0.1, -0.05) is 11.6 Å². The lowest BCUT2D eigenvalue weighted by Gasteiger charge is -1.88. The maximum Gasteiger partial charge on any atom is 0.372 e. The predicted molar refractivity (Wildman–Crippen MR) is 36.7 cm³/mol. The topological polar surface area (TPSA) is 54.4 Å². The Hall–Kier alpha value is -1.12. The minimum absolute atomic E-state index is 0.00231. The number of carboxylic acids is 1. The second kappa shape index (κ2) is 3.82. The monoisotopic (exact) mass is 142 g/mol. The van der Waals surface area contributed by atoms with E-state index < -0.39 is 11.8 Å². The van der Waals surface area contributed by atoms with Crippen molar-refractivity contribution in [2.75, 3.05) is 0 Å². The highest BCUT2D eigenvalue weighted by Crippen LogP contribution is 1.93. The maximum atomic E-state index is 10.4. The number of allylic oxidation sites excluding steroid dienone is 2. The zero-order valence-corrected chi connectivity index (χ0v) is 6.05. The Morgan fingerprint density at radius 3 is 2.20 bits per heavy atom. The molecule has 0 aromatic carbocycles. The van der Waals surface area contributed by atoms with Crippen LogP contribution in [0.3, 0.4) is 0 Å². The maximum absolute atomic E-state index is 10.4. The van der Waals surface area contributed by atoms with Gasteiger partial charge in [-0.2, -0.15) is 0 Å². The molecule has 0 aliphatic rings. The van der Waals surface area contributed by atoms with Crippen LogP contribution in [-0.4, -0.2) is 16.9 Å². The van der Waals surface area contributed by atoms with Crippen LogP contribution in [-0.2, 0) is 9.59 Å². The van der Waals surface area contributed by atoms with Gasteiger partial charge in [0, 0.05) is 6.42 Å². The van der Waals surface area contributed by atoms with Crippen molar-refractivity contribution in [1.29, 1.82) is 0 Å². The second-order valence-electron chi connectivity index (χ2n) is 2.21. The molecule has 0 saturated carbocycles. The van der Waals surface area contributed by atoms with Gasteiger partial charge in [-0.25, -0.2) is 4.79 Å². The summed E-state index contributed by atoms with van der Waals surface area (Å²) in [6.45, 7) is 3.63. The smallest absolute Gasteiger partial charge is 0.372 e. The van der Waals surface area contributed by atoms with E-state index in [-0.39, 0.29) is 6.42 Å². The van der Waals surface area contributed by atoms with Gasteiger partial charge in [-0.15, -0.1) is 0 Å². The van der Waals surface area contributed by atoms with E-state index in [1.807, 2.05) is 13.8 Å². The standard InChI is InChI=1S/C7H10O3/c1-5(2)3-4-6(8)7(9)10/h3H,4H2,1-2H3,(H,9,10). The van der Waals surface area contributed by atoms with Gasteiger partial charge >= 0.3 is 5.97 Å². The zero-order valence-electron chi connectivity index (χ0n) is 6.05. The molecule has 0 fully saturated rings. The molecule has 56 valence electrons. The molecule has 3 heteroatoms. The van der Waals surface area contributed by atoms with Crippen LogP contribution in [0.15, 0.2) is 11.6 Å². The summed E-state index contributed by atoms with van der Waals surface area (Å²) in [6, 6.07) is 0. The van der Waals surface area contributed by atoms with Crippen molar-refractivity contribution in [3.05, 3.63) is 11.6 Å². The predicted octanol–water partition coefficient (Wildman–Crippen LogP) is 0.996. The largest absolute Gasteiger partial charge is 0.475 e. The molecule has 0 spiro atoms. The van der Waals surface area contributed by atoms with Crippen molar-refractivity contribution in [3.63, 3.8) is 0 Å². The van der Waals surface area contributed by atoms with Gasteiger partial charge in [0.05, 0.1) is 0 Å². The first-order valence-electron chi connectivity index (χ1n) is 2.93. The summed E-state index contributed by atoms with van der Waals surface area (Å²) < 4.78 is 0. The van der Waals surface area contributed by atoms with Gasteiger partial charge < -0.3 is 5.11 Å². The average Bonchev–Trinajstić information content (AvgIpc) is 1.82. The molecular weight excluding hydrogens is 132 g/mol. The molecule has 0 unspecified atom stereocenters. The van der Waals surface area contributed by atoms with Gasteiger partial charge in [0.25, 0.3) is 0 Å². The lowest BCUT2D eigenvalue weighted by atomic mass is 10.2. The van der Waals surface area contributed by atoms with Crippen molar-refractivity contribution in [1.82, 2.24) is 0 Å². The Kier molecular flexibility index (Phi) is 3.39. The summed E-state index contributed by atoms with van der Waals surface area (Å²) in [5.74, 6) is -2.13. The minimum atomic E-state index is -1.36. The van der Waals surface area contributed by atoms with E-state index >= 15 is 0 Å². The van der Waals surface area contributed by atoms with Gasteiger partial charge in [-0.3, -0.25) is 4.79 Å². The Labute approximate surface area is 59.4 Å². The van der Waals surface area contributed by atoms with Crippen molar-refractivity contribution in [2.24, 2.45) is 0 Å². The lowest BCUT2D eigenvalue weighted by molar-refractivity contribution is -0.148. The molecule has 3 nitrogen and oxygen atoms in total. The first kappa shape index (κ1) is 8.88. The van der Waals surface area contributed by atoms with Crippen LogP contribution < -0.4 is 0 Å². The number of hydrogen-bond donors (Lipinski definition) is 1. The summed E-state index contributed by atoms with van der Waals surface area (Å²) in [6.07, 6.45) is 1.59. The van der Waals surface area contributed by atoms with Crippen LogP contribution in [0.5, 0.6) is 0 Å². The number of aliphatic carboxylic acids is 1. The lowest BCUT2D eigenvalue weighted by Crippen LogP contribution is -2.10. The molecule has 0 bridgehead atoms. The Morgan fingerprint density at radius 2 is 1.90 bits per heavy atom. The zero-order chi connectivity index (χ0) is 8.15. The van der Waals surface area contributed by atoms with Gasteiger partial charge in [0.15, 0.2) is 0 Å². The third-order valence-corrected chi connectivity index (χ3v) is 0.934. The van der Waals surface area contributed by atoms with Gasteiger partial charge in [0.2, 0.25) is 5.78 Å². The molecule has 0 amide bonds. The van der Waals surface area contributed by atoms with Crippen LogP contribution in [0, 0.1) is 0 Å². The van der Waals surface area contributed by atoms with E-state index in [0.717, 1.165) is 5.57 Å². The van der Waals surface area contributed by atoms with Crippen LogP contribution in [0.4, 0.5) is 0 Å². The second-order valence-corrected chi connectivity index (χ2v) is 2.21. The Morgan fingerprint density at radius 1 is 1.40 bits per heavy atom. The molecule has 10 heavy (non-hydrogen) atoms.